The lowest BCUT2D eigenvalue weighted by atomic mass is 10.3. The van der Waals surface area contributed by atoms with Crippen LogP contribution in [0.25, 0.3) is 0 Å². The normalized spacial score (nSPS) is 14.1. The van der Waals surface area contributed by atoms with E-state index in [1.807, 2.05) is 0 Å². The zero-order valence-corrected chi connectivity index (χ0v) is 21.0. The Morgan fingerprint density at radius 3 is 2.09 bits per heavy atom. The number of aryl methyl sites for hydroxylation is 2. The Bertz CT molecular complexity index is 1420. The monoisotopic (exact) mass is 561 g/mol. The molecule has 2 heterocycles. The predicted molar refractivity (Wildman–Crippen MR) is 132 cm³/mol. The summed E-state index contributed by atoms with van der Waals surface area (Å²) < 4.78 is 28.5. The van der Waals surface area contributed by atoms with Gasteiger partial charge in [0, 0.05) is 21.5 Å². The van der Waals surface area contributed by atoms with Crippen LogP contribution in [0.4, 0.5) is 17.3 Å². The third kappa shape index (κ3) is 4.81. The number of sulfonamides is 1. The van der Waals surface area contributed by atoms with Crippen molar-refractivity contribution in [3.8, 4) is 0 Å². The maximum Gasteiger partial charge on any atom is 0.283 e. The average Bonchev–Trinajstić information content (AvgIpc) is 2.97. The molecule has 0 unspecified atom stereocenters. The molecule has 1 aliphatic rings. The number of imide groups is 1. The van der Waals surface area contributed by atoms with Crippen molar-refractivity contribution in [1.82, 2.24) is 9.97 Å². The van der Waals surface area contributed by atoms with Crippen LogP contribution < -0.4 is 14.9 Å². The first-order chi connectivity index (χ1) is 16.0. The maximum absolute atomic E-state index is 12.9. The standard InChI is InChI=1S/C22H17BrClN5O4S/c1-12-11-13(2)26-22(25-12)28-34(32,33)17-9-5-15(6-10-17)27-19-18(24)20(30)29(21(19)31)16-7-3-14(23)4-8-16/h3-11,27H,1-2H3,(H,25,26,28). The molecule has 1 aromatic heterocycles. The molecule has 34 heavy (non-hydrogen) atoms. The number of hydrogen-bond acceptors (Lipinski definition) is 7. The first kappa shape index (κ1) is 23.9. The van der Waals surface area contributed by atoms with Gasteiger partial charge in [-0.2, -0.15) is 0 Å². The molecule has 0 atom stereocenters. The van der Waals surface area contributed by atoms with Gasteiger partial charge in [-0.3, -0.25) is 9.59 Å². The minimum atomic E-state index is -3.94. The number of benzene rings is 2. The lowest BCUT2D eigenvalue weighted by Crippen LogP contribution is -2.32. The molecule has 4 rings (SSSR count). The lowest BCUT2D eigenvalue weighted by Gasteiger charge is -2.15. The first-order valence-electron chi connectivity index (χ1n) is 9.81. The zero-order valence-electron chi connectivity index (χ0n) is 17.8. The lowest BCUT2D eigenvalue weighted by molar-refractivity contribution is -0.120. The quantitative estimate of drug-likeness (QED) is 0.434. The predicted octanol–water partition coefficient (Wildman–Crippen LogP) is 4.09. The molecule has 2 N–H and O–H groups in total. The number of halogens is 2. The maximum atomic E-state index is 12.9. The second-order valence-electron chi connectivity index (χ2n) is 7.34. The summed E-state index contributed by atoms with van der Waals surface area (Å²) in [6, 6.07) is 13.9. The highest BCUT2D eigenvalue weighted by Gasteiger charge is 2.39. The fraction of sp³-hybridized carbons (Fsp3) is 0.0909. The SMILES string of the molecule is Cc1cc(C)nc(NS(=O)(=O)c2ccc(NC3=C(Cl)C(=O)N(c4ccc(Br)cc4)C3=O)cc2)n1. The van der Waals surface area contributed by atoms with Crippen molar-refractivity contribution in [2.75, 3.05) is 14.9 Å². The molecule has 0 fully saturated rings. The van der Waals surface area contributed by atoms with Crippen molar-refractivity contribution in [3.63, 3.8) is 0 Å². The second kappa shape index (κ2) is 9.16. The van der Waals surface area contributed by atoms with Crippen molar-refractivity contribution in [2.24, 2.45) is 0 Å². The average molecular weight is 563 g/mol. The van der Waals surface area contributed by atoms with E-state index in [1.54, 1.807) is 44.2 Å². The summed E-state index contributed by atoms with van der Waals surface area (Å²) in [4.78, 5) is 34.5. The van der Waals surface area contributed by atoms with Crippen molar-refractivity contribution in [1.29, 1.82) is 0 Å². The Kier molecular flexibility index (Phi) is 6.43. The van der Waals surface area contributed by atoms with Gasteiger partial charge in [-0.15, -0.1) is 0 Å². The molecular weight excluding hydrogens is 546 g/mol. The first-order valence-corrected chi connectivity index (χ1v) is 12.5. The summed E-state index contributed by atoms with van der Waals surface area (Å²) in [7, 11) is -3.94. The highest BCUT2D eigenvalue weighted by Crippen LogP contribution is 2.31. The number of anilines is 3. The highest BCUT2D eigenvalue weighted by atomic mass is 79.9. The Morgan fingerprint density at radius 2 is 1.50 bits per heavy atom. The number of hydrogen-bond donors (Lipinski definition) is 2. The van der Waals surface area contributed by atoms with E-state index in [1.165, 1.54) is 24.3 Å². The van der Waals surface area contributed by atoms with Gasteiger partial charge < -0.3 is 5.32 Å². The van der Waals surface area contributed by atoms with Crippen LogP contribution in [-0.4, -0.2) is 30.2 Å². The third-order valence-electron chi connectivity index (χ3n) is 4.75. The Morgan fingerprint density at radius 1 is 0.912 bits per heavy atom. The Balaban J connectivity index is 1.52. The molecule has 2 aromatic carbocycles. The fourth-order valence-corrected chi connectivity index (χ4v) is 4.67. The molecule has 3 aromatic rings. The molecule has 0 spiro atoms. The highest BCUT2D eigenvalue weighted by molar-refractivity contribution is 9.10. The zero-order chi connectivity index (χ0) is 24.6. The van der Waals surface area contributed by atoms with E-state index >= 15 is 0 Å². The number of nitrogens with zero attached hydrogens (tertiary/aromatic N) is 3. The molecule has 0 saturated heterocycles. The van der Waals surface area contributed by atoms with E-state index in [0.717, 1.165) is 9.37 Å². The van der Waals surface area contributed by atoms with Crippen molar-refractivity contribution < 1.29 is 18.0 Å². The van der Waals surface area contributed by atoms with E-state index in [-0.39, 0.29) is 21.6 Å². The van der Waals surface area contributed by atoms with E-state index in [4.69, 9.17) is 11.6 Å². The van der Waals surface area contributed by atoms with Crippen LogP contribution in [0.2, 0.25) is 0 Å². The van der Waals surface area contributed by atoms with Gasteiger partial charge in [-0.1, -0.05) is 27.5 Å². The van der Waals surface area contributed by atoms with Crippen molar-refractivity contribution >= 4 is 66.7 Å². The van der Waals surface area contributed by atoms with Crippen LogP contribution >= 0.6 is 27.5 Å². The third-order valence-corrected chi connectivity index (χ3v) is 6.98. The van der Waals surface area contributed by atoms with E-state index in [9.17, 15) is 18.0 Å². The van der Waals surface area contributed by atoms with Gasteiger partial charge >= 0.3 is 0 Å². The summed E-state index contributed by atoms with van der Waals surface area (Å²) in [5.41, 5.74) is 1.89. The van der Waals surface area contributed by atoms with Crippen molar-refractivity contribution in [2.45, 2.75) is 18.7 Å². The molecule has 12 heteroatoms. The summed E-state index contributed by atoms with van der Waals surface area (Å²) in [5, 5.41) is 2.55. The van der Waals surface area contributed by atoms with Gasteiger partial charge in [0.2, 0.25) is 5.95 Å². The summed E-state index contributed by atoms with van der Waals surface area (Å²) in [6.45, 7) is 3.47. The molecule has 0 saturated carbocycles. The molecule has 2 amide bonds. The van der Waals surface area contributed by atoms with Gasteiger partial charge in [0.05, 0.1) is 10.6 Å². The largest absolute Gasteiger partial charge is 0.350 e. The molecule has 0 radical (unpaired) electrons. The minimum Gasteiger partial charge on any atom is -0.350 e. The van der Waals surface area contributed by atoms with Crippen LogP contribution in [0.3, 0.4) is 0 Å². The van der Waals surface area contributed by atoms with Crippen LogP contribution in [0.15, 0.2) is 74.7 Å². The van der Waals surface area contributed by atoms with Crippen molar-refractivity contribution in [3.05, 3.63) is 81.2 Å². The minimum absolute atomic E-state index is 0.0280. The Labute approximate surface area is 209 Å². The molecule has 0 aliphatic carbocycles. The number of carbonyl (C=O) groups excluding carboxylic acids is 2. The fourth-order valence-electron chi connectivity index (χ4n) is 3.25. The van der Waals surface area contributed by atoms with E-state index < -0.39 is 21.8 Å². The second-order valence-corrected chi connectivity index (χ2v) is 10.3. The van der Waals surface area contributed by atoms with Gasteiger partial charge in [0.25, 0.3) is 21.8 Å². The van der Waals surface area contributed by atoms with Gasteiger partial charge in [0.15, 0.2) is 0 Å². The molecule has 1 aliphatic heterocycles. The number of aromatic nitrogens is 2. The molecular formula is C22H17BrClN5O4S. The smallest absolute Gasteiger partial charge is 0.283 e. The van der Waals surface area contributed by atoms with Crippen LogP contribution in [0.5, 0.6) is 0 Å². The van der Waals surface area contributed by atoms with Crippen LogP contribution in [-0.2, 0) is 19.6 Å². The van der Waals surface area contributed by atoms with E-state index in [0.29, 0.717) is 22.8 Å². The Hall–Kier alpha value is -3.28. The van der Waals surface area contributed by atoms with E-state index in [2.05, 4.69) is 35.9 Å². The van der Waals surface area contributed by atoms with Gasteiger partial charge in [-0.05, 0) is 68.4 Å². The summed E-state index contributed by atoms with van der Waals surface area (Å²) >= 11 is 9.45. The molecule has 9 nitrogen and oxygen atoms in total. The topological polar surface area (TPSA) is 121 Å². The molecule has 174 valence electrons. The summed E-state index contributed by atoms with van der Waals surface area (Å²) in [5.74, 6) is -1.31. The molecule has 0 bridgehead atoms. The van der Waals surface area contributed by atoms with Gasteiger partial charge in [-0.25, -0.2) is 28.0 Å². The number of carbonyl (C=O) groups is 2. The number of nitrogens with one attached hydrogen (secondary N) is 2. The van der Waals surface area contributed by atoms with Crippen LogP contribution in [0, 0.1) is 13.8 Å². The van der Waals surface area contributed by atoms with Gasteiger partial charge in [0.1, 0.15) is 10.7 Å². The van der Waals surface area contributed by atoms with Crippen LogP contribution in [0.1, 0.15) is 11.4 Å². The summed E-state index contributed by atoms with van der Waals surface area (Å²) in [6.07, 6.45) is 0. The number of rotatable bonds is 6. The number of amides is 2.